The van der Waals surface area contributed by atoms with Gasteiger partial charge in [-0.15, -0.1) is 0 Å². The lowest BCUT2D eigenvalue weighted by Gasteiger charge is -2.33. The van der Waals surface area contributed by atoms with Crippen LogP contribution in [0.3, 0.4) is 0 Å². The molecule has 116 valence electrons. The number of aromatic nitrogens is 1. The minimum absolute atomic E-state index is 0.0173. The Morgan fingerprint density at radius 1 is 1.27 bits per heavy atom. The number of aliphatic hydroxyl groups is 1. The quantitative estimate of drug-likeness (QED) is 0.689. The van der Waals surface area contributed by atoms with E-state index in [1.165, 1.54) is 10.6 Å². The molecule has 22 heavy (non-hydrogen) atoms. The van der Waals surface area contributed by atoms with Crippen LogP contribution in [0.4, 0.5) is 4.79 Å². The van der Waals surface area contributed by atoms with Gasteiger partial charge >= 0.3 is 6.03 Å². The highest BCUT2D eigenvalue weighted by molar-refractivity contribution is 5.94. The third-order valence-corrected chi connectivity index (χ3v) is 5.75. The Kier molecular flexibility index (Phi) is 2.08. The standard InChI is InChI=1S/C15H18N4O3/c1-18-14(21)17-12-11-10(6-15(12,18)22)19-8(7-2-3-7)4-5-9(19)13(20)16-11/h4-5,7,10-12,22H,2-3,6H2,1H3,(H,16,20)(H,17,21)/t10-,11-,12+,15+/m1/s1. The Balaban J connectivity index is 1.63. The first-order chi connectivity index (χ1) is 10.5. The van der Waals surface area contributed by atoms with Gasteiger partial charge in [-0.2, -0.15) is 0 Å². The van der Waals surface area contributed by atoms with Gasteiger partial charge in [0.25, 0.3) is 5.91 Å². The van der Waals surface area contributed by atoms with E-state index in [-0.39, 0.29) is 24.0 Å². The number of fused-ring (bicyclic) bond motifs is 5. The molecule has 7 heteroatoms. The molecule has 0 unspecified atom stereocenters. The van der Waals surface area contributed by atoms with Crippen molar-refractivity contribution in [3.05, 3.63) is 23.5 Å². The molecule has 0 bridgehead atoms. The zero-order valence-corrected chi connectivity index (χ0v) is 12.2. The topological polar surface area (TPSA) is 86.6 Å². The van der Waals surface area contributed by atoms with Gasteiger partial charge in [-0.3, -0.25) is 9.69 Å². The zero-order valence-electron chi connectivity index (χ0n) is 12.2. The predicted molar refractivity (Wildman–Crippen MR) is 76.3 cm³/mol. The van der Waals surface area contributed by atoms with Crippen molar-refractivity contribution in [3.8, 4) is 0 Å². The summed E-state index contributed by atoms with van der Waals surface area (Å²) in [5.74, 6) is 0.406. The Labute approximate surface area is 127 Å². The van der Waals surface area contributed by atoms with Gasteiger partial charge in [-0.05, 0) is 30.9 Å². The van der Waals surface area contributed by atoms with Crippen molar-refractivity contribution in [2.45, 2.75) is 49.0 Å². The molecule has 1 saturated heterocycles. The second-order valence-corrected chi connectivity index (χ2v) is 6.92. The molecule has 5 rings (SSSR count). The summed E-state index contributed by atoms with van der Waals surface area (Å²) in [4.78, 5) is 25.6. The molecule has 3 N–H and O–H groups in total. The van der Waals surface area contributed by atoms with E-state index >= 15 is 0 Å². The van der Waals surface area contributed by atoms with E-state index < -0.39 is 11.8 Å². The van der Waals surface area contributed by atoms with Crippen LogP contribution in [0.15, 0.2) is 12.1 Å². The number of hydrogen-bond acceptors (Lipinski definition) is 3. The molecule has 7 nitrogen and oxygen atoms in total. The molecule has 2 saturated carbocycles. The largest absolute Gasteiger partial charge is 0.368 e. The summed E-state index contributed by atoms with van der Waals surface area (Å²) in [5.41, 5.74) is 0.616. The number of likely N-dealkylation sites (N-methyl/N-ethyl adjacent to an activating group) is 1. The normalized spacial score (nSPS) is 39.2. The van der Waals surface area contributed by atoms with Gasteiger partial charge in [-0.1, -0.05) is 0 Å². The third-order valence-electron chi connectivity index (χ3n) is 5.75. The molecule has 0 aromatic carbocycles. The van der Waals surface area contributed by atoms with Gasteiger partial charge in [0.2, 0.25) is 0 Å². The fourth-order valence-corrected chi connectivity index (χ4v) is 4.42. The molecular formula is C15H18N4O3. The van der Waals surface area contributed by atoms with Crippen molar-refractivity contribution >= 4 is 11.9 Å². The molecule has 4 atom stereocenters. The summed E-state index contributed by atoms with van der Waals surface area (Å²) in [7, 11) is 1.60. The summed E-state index contributed by atoms with van der Waals surface area (Å²) in [6, 6.07) is 2.86. The van der Waals surface area contributed by atoms with Crippen molar-refractivity contribution in [3.63, 3.8) is 0 Å². The second kappa shape index (κ2) is 3.65. The fraction of sp³-hybridized carbons (Fsp3) is 0.600. The first-order valence-corrected chi connectivity index (χ1v) is 7.79. The zero-order chi connectivity index (χ0) is 15.2. The lowest BCUT2D eigenvalue weighted by Crippen LogP contribution is -2.56. The van der Waals surface area contributed by atoms with Crippen LogP contribution in [-0.4, -0.2) is 51.4 Å². The van der Waals surface area contributed by atoms with Crippen LogP contribution in [0.1, 0.15) is 47.4 Å². The minimum Gasteiger partial charge on any atom is -0.368 e. The Morgan fingerprint density at radius 3 is 2.77 bits per heavy atom. The van der Waals surface area contributed by atoms with E-state index in [9.17, 15) is 14.7 Å². The van der Waals surface area contributed by atoms with Crippen LogP contribution in [-0.2, 0) is 0 Å². The molecular weight excluding hydrogens is 284 g/mol. The van der Waals surface area contributed by atoms with Crippen molar-refractivity contribution in [2.75, 3.05) is 7.05 Å². The van der Waals surface area contributed by atoms with E-state index in [0.29, 0.717) is 18.0 Å². The van der Waals surface area contributed by atoms with Crippen LogP contribution in [0.5, 0.6) is 0 Å². The Bertz CT molecular complexity index is 710. The van der Waals surface area contributed by atoms with E-state index in [4.69, 9.17) is 0 Å². The number of rotatable bonds is 1. The van der Waals surface area contributed by atoms with Crippen LogP contribution in [0.2, 0.25) is 0 Å². The van der Waals surface area contributed by atoms with Crippen molar-refractivity contribution in [1.82, 2.24) is 20.1 Å². The van der Waals surface area contributed by atoms with Gasteiger partial charge in [0.15, 0.2) is 5.72 Å². The molecule has 2 aliphatic heterocycles. The van der Waals surface area contributed by atoms with Crippen molar-refractivity contribution < 1.29 is 14.7 Å². The van der Waals surface area contributed by atoms with E-state index in [2.05, 4.69) is 15.2 Å². The van der Waals surface area contributed by atoms with Gasteiger partial charge in [0.05, 0.1) is 12.1 Å². The molecule has 1 aromatic heterocycles. The minimum atomic E-state index is -1.24. The molecule has 3 heterocycles. The molecule has 0 spiro atoms. The summed E-state index contributed by atoms with van der Waals surface area (Å²) < 4.78 is 2.11. The monoisotopic (exact) mass is 302 g/mol. The fourth-order valence-electron chi connectivity index (χ4n) is 4.42. The second-order valence-electron chi connectivity index (χ2n) is 6.92. The maximum Gasteiger partial charge on any atom is 0.319 e. The summed E-state index contributed by atoms with van der Waals surface area (Å²) in [6.45, 7) is 0. The molecule has 2 aliphatic carbocycles. The lowest BCUT2D eigenvalue weighted by molar-refractivity contribution is -0.0561. The van der Waals surface area contributed by atoms with E-state index in [1.54, 1.807) is 7.05 Å². The molecule has 0 radical (unpaired) electrons. The average molecular weight is 302 g/mol. The number of amides is 3. The highest BCUT2D eigenvalue weighted by Crippen LogP contribution is 2.49. The van der Waals surface area contributed by atoms with Crippen LogP contribution >= 0.6 is 0 Å². The molecule has 3 amide bonds. The summed E-state index contributed by atoms with van der Waals surface area (Å²) in [5, 5.41) is 16.8. The first-order valence-electron chi connectivity index (χ1n) is 7.79. The van der Waals surface area contributed by atoms with Crippen molar-refractivity contribution in [2.24, 2.45) is 0 Å². The first kappa shape index (κ1) is 12.5. The average Bonchev–Trinajstić information content (AvgIpc) is 3.11. The number of carbonyl (C=O) groups excluding carboxylic acids is 2. The maximum absolute atomic E-state index is 12.4. The van der Waals surface area contributed by atoms with Gasteiger partial charge in [0, 0.05) is 19.2 Å². The van der Waals surface area contributed by atoms with Gasteiger partial charge in [0.1, 0.15) is 11.7 Å². The molecule has 3 fully saturated rings. The van der Waals surface area contributed by atoms with E-state index in [0.717, 1.165) is 12.8 Å². The van der Waals surface area contributed by atoms with E-state index in [1.807, 2.05) is 12.1 Å². The summed E-state index contributed by atoms with van der Waals surface area (Å²) in [6.07, 6.45) is 2.75. The highest BCUT2D eigenvalue weighted by Gasteiger charge is 2.63. The lowest BCUT2D eigenvalue weighted by atomic mass is 10.0. The molecule has 1 aromatic rings. The number of nitrogens with zero attached hydrogens (tertiary/aromatic N) is 2. The predicted octanol–water partition coefficient (Wildman–Crippen LogP) is 0.134. The SMILES string of the molecule is CN1C(=O)N[C@H]2[C@@H]3NC(=O)c4ccc(C5CC5)n4[C@@H]3C[C@]21O. The van der Waals surface area contributed by atoms with Crippen LogP contribution < -0.4 is 10.6 Å². The van der Waals surface area contributed by atoms with Gasteiger partial charge < -0.3 is 20.3 Å². The number of urea groups is 1. The summed E-state index contributed by atoms with van der Waals surface area (Å²) >= 11 is 0. The molecule has 4 aliphatic rings. The maximum atomic E-state index is 12.4. The van der Waals surface area contributed by atoms with Crippen LogP contribution in [0, 0.1) is 0 Å². The number of hydrogen-bond donors (Lipinski definition) is 3. The van der Waals surface area contributed by atoms with Gasteiger partial charge in [-0.25, -0.2) is 4.79 Å². The Hall–Kier alpha value is -2.02. The Morgan fingerprint density at radius 2 is 2.05 bits per heavy atom. The van der Waals surface area contributed by atoms with Crippen LogP contribution in [0.25, 0.3) is 0 Å². The third kappa shape index (κ3) is 1.31. The van der Waals surface area contributed by atoms with Crippen molar-refractivity contribution in [1.29, 1.82) is 0 Å². The number of carbonyl (C=O) groups is 2. The number of nitrogens with one attached hydrogen (secondary N) is 2. The smallest absolute Gasteiger partial charge is 0.319 e. The highest BCUT2D eigenvalue weighted by atomic mass is 16.3.